The first-order valence-corrected chi connectivity index (χ1v) is 11.9. The standard InChI is InChI=1S/C27H32N2O7/c1-34-16-23(31)29(12-10-17-6-5-7-18(14-17)35-2)21-15-20(27(33)28-11-13-30)24-19-8-3-4-9-22(19)36-26(24)25(21)32/h3-9,14-15,21,24-26,30,32H,10-13,16H2,1-2H3,(H,28,33)/t21-,24+,25+,26+/m1/s1. The molecule has 3 N–H and O–H groups in total. The SMILES string of the molecule is COCC(=O)N(CCc1cccc(OC)c1)[C@@H]1C=C(C(=O)NCCO)[C@@H]2c3ccccc3O[C@@H]2[C@H]1O. The van der Waals surface area contributed by atoms with Crippen LogP contribution in [0.1, 0.15) is 17.0 Å². The molecule has 2 aromatic carbocycles. The lowest BCUT2D eigenvalue weighted by Gasteiger charge is -2.40. The highest BCUT2D eigenvalue weighted by molar-refractivity contribution is 5.96. The van der Waals surface area contributed by atoms with Gasteiger partial charge in [-0.2, -0.15) is 0 Å². The third-order valence-corrected chi connectivity index (χ3v) is 6.60. The van der Waals surface area contributed by atoms with Crippen LogP contribution in [-0.4, -0.2) is 85.7 Å². The van der Waals surface area contributed by atoms with Crippen LogP contribution in [0.5, 0.6) is 11.5 Å². The van der Waals surface area contributed by atoms with Crippen LogP contribution in [0.4, 0.5) is 0 Å². The molecule has 1 heterocycles. The number of aliphatic hydroxyl groups excluding tert-OH is 2. The largest absolute Gasteiger partial charge is 0.497 e. The fraction of sp³-hybridized carbons (Fsp3) is 0.407. The van der Waals surface area contributed by atoms with E-state index in [1.165, 1.54) is 12.0 Å². The van der Waals surface area contributed by atoms with Gasteiger partial charge in [0.1, 0.15) is 30.3 Å². The minimum absolute atomic E-state index is 0.0887. The molecule has 1 aliphatic heterocycles. The van der Waals surface area contributed by atoms with E-state index in [0.717, 1.165) is 11.1 Å². The van der Waals surface area contributed by atoms with Gasteiger partial charge >= 0.3 is 0 Å². The molecule has 0 fully saturated rings. The van der Waals surface area contributed by atoms with Crippen molar-refractivity contribution in [3.63, 3.8) is 0 Å². The van der Waals surface area contributed by atoms with Crippen molar-refractivity contribution in [3.8, 4) is 11.5 Å². The van der Waals surface area contributed by atoms with E-state index >= 15 is 0 Å². The number of nitrogens with one attached hydrogen (secondary N) is 1. The molecule has 0 spiro atoms. The van der Waals surface area contributed by atoms with Crippen molar-refractivity contribution in [2.75, 3.05) is 40.5 Å². The van der Waals surface area contributed by atoms with Crippen molar-refractivity contribution in [3.05, 3.63) is 71.3 Å². The van der Waals surface area contributed by atoms with Gasteiger partial charge in [-0.1, -0.05) is 30.3 Å². The van der Waals surface area contributed by atoms with Gasteiger partial charge in [0.05, 0.1) is 25.7 Å². The Hall–Kier alpha value is -3.40. The smallest absolute Gasteiger partial charge is 0.249 e. The number of para-hydroxylation sites is 1. The Morgan fingerprint density at radius 2 is 1.94 bits per heavy atom. The number of aliphatic hydroxyl groups is 2. The van der Waals surface area contributed by atoms with Gasteiger partial charge < -0.3 is 34.6 Å². The van der Waals surface area contributed by atoms with Crippen LogP contribution in [0.25, 0.3) is 0 Å². The minimum Gasteiger partial charge on any atom is -0.497 e. The molecule has 0 saturated carbocycles. The molecule has 0 aromatic heterocycles. The lowest BCUT2D eigenvalue weighted by molar-refractivity contribution is -0.141. The van der Waals surface area contributed by atoms with Crippen LogP contribution in [-0.2, 0) is 20.7 Å². The summed E-state index contributed by atoms with van der Waals surface area (Å²) in [6.45, 7) is -0.00343. The number of benzene rings is 2. The van der Waals surface area contributed by atoms with Gasteiger partial charge in [0.25, 0.3) is 0 Å². The van der Waals surface area contributed by atoms with Gasteiger partial charge in [-0.25, -0.2) is 0 Å². The monoisotopic (exact) mass is 496 g/mol. The highest BCUT2D eigenvalue weighted by Crippen LogP contribution is 2.47. The Morgan fingerprint density at radius 3 is 2.69 bits per heavy atom. The van der Waals surface area contributed by atoms with Crippen LogP contribution in [0, 0.1) is 0 Å². The van der Waals surface area contributed by atoms with Gasteiger partial charge in [0.2, 0.25) is 11.8 Å². The summed E-state index contributed by atoms with van der Waals surface area (Å²) in [5.41, 5.74) is 2.16. The zero-order valence-corrected chi connectivity index (χ0v) is 20.4. The average Bonchev–Trinajstić information content (AvgIpc) is 3.29. The number of carbonyl (C=O) groups excluding carboxylic acids is 2. The molecule has 9 nitrogen and oxygen atoms in total. The molecule has 4 atom stereocenters. The molecule has 0 saturated heterocycles. The molecule has 192 valence electrons. The lowest BCUT2D eigenvalue weighted by Crippen LogP contribution is -2.56. The van der Waals surface area contributed by atoms with Crippen LogP contribution in [0.15, 0.2) is 60.2 Å². The predicted octanol–water partition coefficient (Wildman–Crippen LogP) is 1.04. The second-order valence-electron chi connectivity index (χ2n) is 8.80. The third-order valence-electron chi connectivity index (χ3n) is 6.60. The average molecular weight is 497 g/mol. The molecule has 9 heteroatoms. The summed E-state index contributed by atoms with van der Waals surface area (Å²) >= 11 is 0. The maximum absolute atomic E-state index is 13.2. The van der Waals surface area contributed by atoms with E-state index in [2.05, 4.69) is 5.32 Å². The summed E-state index contributed by atoms with van der Waals surface area (Å²) in [5.74, 6) is 0.124. The van der Waals surface area contributed by atoms with E-state index in [9.17, 15) is 19.8 Å². The molecule has 36 heavy (non-hydrogen) atoms. The molecule has 4 rings (SSSR count). The van der Waals surface area contributed by atoms with E-state index in [4.69, 9.17) is 14.2 Å². The second-order valence-corrected chi connectivity index (χ2v) is 8.80. The van der Waals surface area contributed by atoms with Crippen LogP contribution in [0.3, 0.4) is 0 Å². The maximum Gasteiger partial charge on any atom is 0.249 e. The first-order chi connectivity index (χ1) is 17.5. The van der Waals surface area contributed by atoms with Gasteiger partial charge in [0, 0.05) is 31.3 Å². The zero-order chi connectivity index (χ0) is 25.7. The normalized spacial score (nSPS) is 22.1. The number of ether oxygens (including phenoxy) is 3. The Labute approximate surface area is 210 Å². The highest BCUT2D eigenvalue weighted by atomic mass is 16.5. The molecular weight excluding hydrogens is 464 g/mol. The highest BCUT2D eigenvalue weighted by Gasteiger charge is 2.50. The molecular formula is C27H32N2O7. The summed E-state index contributed by atoms with van der Waals surface area (Å²) in [6.07, 6.45) is 0.332. The Morgan fingerprint density at radius 1 is 1.14 bits per heavy atom. The zero-order valence-electron chi connectivity index (χ0n) is 20.4. The second kappa shape index (κ2) is 11.6. The summed E-state index contributed by atoms with van der Waals surface area (Å²) in [5, 5.41) is 23.4. The Balaban J connectivity index is 1.68. The minimum atomic E-state index is -1.08. The summed E-state index contributed by atoms with van der Waals surface area (Å²) in [4.78, 5) is 27.9. The van der Waals surface area contributed by atoms with Crippen LogP contribution in [0.2, 0.25) is 0 Å². The van der Waals surface area contributed by atoms with Crippen LogP contribution < -0.4 is 14.8 Å². The number of nitrogens with zero attached hydrogens (tertiary/aromatic N) is 1. The van der Waals surface area contributed by atoms with Gasteiger partial charge in [0.15, 0.2) is 0 Å². The first-order valence-electron chi connectivity index (χ1n) is 11.9. The fourth-order valence-corrected chi connectivity index (χ4v) is 4.92. The van der Waals surface area contributed by atoms with Crippen molar-refractivity contribution in [2.24, 2.45) is 0 Å². The fourth-order valence-electron chi connectivity index (χ4n) is 4.92. The van der Waals surface area contributed by atoms with Gasteiger partial charge in [-0.15, -0.1) is 0 Å². The number of amides is 2. The predicted molar refractivity (Wildman–Crippen MR) is 132 cm³/mol. The summed E-state index contributed by atoms with van der Waals surface area (Å²) < 4.78 is 16.5. The van der Waals surface area contributed by atoms with Crippen molar-refractivity contribution in [1.82, 2.24) is 10.2 Å². The van der Waals surface area contributed by atoms with E-state index in [-0.39, 0.29) is 38.1 Å². The quantitative estimate of drug-likeness (QED) is 0.450. The lowest BCUT2D eigenvalue weighted by atomic mass is 9.77. The molecule has 0 bridgehead atoms. The maximum atomic E-state index is 13.2. The van der Waals surface area contributed by atoms with Crippen molar-refractivity contribution < 1.29 is 34.0 Å². The van der Waals surface area contributed by atoms with E-state index in [1.807, 2.05) is 42.5 Å². The number of hydrogen-bond donors (Lipinski definition) is 3. The number of hydrogen-bond acceptors (Lipinski definition) is 7. The molecule has 1 aliphatic carbocycles. The summed E-state index contributed by atoms with van der Waals surface area (Å²) in [6, 6.07) is 14.1. The Bertz CT molecular complexity index is 1120. The molecule has 2 amide bonds. The first kappa shape index (κ1) is 25.7. The molecule has 0 unspecified atom stereocenters. The van der Waals surface area contributed by atoms with Gasteiger partial charge in [-0.3, -0.25) is 9.59 Å². The number of fused-ring (bicyclic) bond motifs is 3. The van der Waals surface area contributed by atoms with Crippen molar-refractivity contribution >= 4 is 11.8 Å². The number of methoxy groups -OCH3 is 2. The third kappa shape index (κ3) is 5.23. The van der Waals surface area contributed by atoms with Crippen molar-refractivity contribution in [2.45, 2.75) is 30.6 Å². The van der Waals surface area contributed by atoms with Crippen LogP contribution >= 0.6 is 0 Å². The van der Waals surface area contributed by atoms with E-state index in [1.54, 1.807) is 19.3 Å². The Kier molecular flexibility index (Phi) is 8.25. The van der Waals surface area contributed by atoms with E-state index < -0.39 is 24.2 Å². The van der Waals surface area contributed by atoms with Gasteiger partial charge in [-0.05, 0) is 36.3 Å². The van der Waals surface area contributed by atoms with E-state index in [0.29, 0.717) is 23.5 Å². The summed E-state index contributed by atoms with van der Waals surface area (Å²) in [7, 11) is 3.03. The number of rotatable bonds is 10. The topological polar surface area (TPSA) is 118 Å². The van der Waals surface area contributed by atoms with Crippen molar-refractivity contribution in [1.29, 1.82) is 0 Å². The molecule has 0 radical (unpaired) electrons. The molecule has 2 aromatic rings. The number of carbonyl (C=O) groups is 2. The molecule has 2 aliphatic rings.